The average molecular weight is 377 g/mol. The summed E-state index contributed by atoms with van der Waals surface area (Å²) in [5.41, 5.74) is 0. The second-order valence-electron chi connectivity index (χ2n) is 9.22. The third-order valence-corrected chi connectivity index (χ3v) is 7.46. The molecule has 3 heterocycles. The van der Waals surface area contributed by atoms with Crippen LogP contribution in [0.1, 0.15) is 70.6 Å². The van der Waals surface area contributed by atoms with Crippen LogP contribution in [0.25, 0.3) is 0 Å². The number of likely N-dealkylation sites (tertiary alicyclic amines) is 2. The zero-order valence-electron chi connectivity index (χ0n) is 16.7. The van der Waals surface area contributed by atoms with Crippen LogP contribution in [0.2, 0.25) is 0 Å². The van der Waals surface area contributed by atoms with Gasteiger partial charge in [-0.2, -0.15) is 0 Å². The number of carbonyl (C=O) groups is 2. The Bertz CT molecular complexity index is 526. The largest absolute Gasteiger partial charge is 0.381 e. The van der Waals surface area contributed by atoms with Gasteiger partial charge in [-0.25, -0.2) is 0 Å². The van der Waals surface area contributed by atoms with Crippen molar-refractivity contribution in [3.63, 3.8) is 0 Å². The Morgan fingerprint density at radius 3 is 2.41 bits per heavy atom. The van der Waals surface area contributed by atoms with Crippen LogP contribution in [0.15, 0.2) is 0 Å². The Morgan fingerprint density at radius 2 is 1.63 bits per heavy atom. The monoisotopic (exact) mass is 376 g/mol. The molecule has 4 rings (SSSR count). The number of carbonyl (C=O) groups excluding carboxylic acids is 2. The zero-order valence-corrected chi connectivity index (χ0v) is 16.7. The summed E-state index contributed by atoms with van der Waals surface area (Å²) >= 11 is 0. The summed E-state index contributed by atoms with van der Waals surface area (Å²) in [5.74, 6) is 1.97. The number of fused-ring (bicyclic) bond motifs is 1. The molecule has 0 unspecified atom stereocenters. The first-order valence-corrected chi connectivity index (χ1v) is 11.4. The van der Waals surface area contributed by atoms with E-state index in [0.717, 1.165) is 71.4 Å². The predicted molar refractivity (Wildman–Crippen MR) is 104 cm³/mol. The fraction of sp³-hybridized carbons (Fsp3) is 0.909. The highest BCUT2D eigenvalue weighted by atomic mass is 16.5. The SMILES string of the molecule is O=C(C1CCOCC1)N1CC[C@@H]2[C@@H](CCCN2C(=O)CC2CCCCC2)C1. The first-order valence-electron chi connectivity index (χ1n) is 11.4. The van der Waals surface area contributed by atoms with Crippen LogP contribution in [-0.4, -0.2) is 60.5 Å². The Kier molecular flexibility index (Phi) is 6.36. The first kappa shape index (κ1) is 19.2. The minimum atomic E-state index is 0.155. The summed E-state index contributed by atoms with van der Waals surface area (Å²) in [7, 11) is 0. The molecule has 4 fully saturated rings. The van der Waals surface area contributed by atoms with Crippen molar-refractivity contribution in [1.29, 1.82) is 0 Å². The van der Waals surface area contributed by atoms with Crippen LogP contribution in [-0.2, 0) is 14.3 Å². The van der Waals surface area contributed by atoms with E-state index >= 15 is 0 Å². The molecule has 2 atom stereocenters. The highest BCUT2D eigenvalue weighted by Gasteiger charge is 2.40. The first-order chi connectivity index (χ1) is 13.2. The Hall–Kier alpha value is -1.10. The van der Waals surface area contributed by atoms with Gasteiger partial charge in [0.2, 0.25) is 11.8 Å². The maximum atomic E-state index is 13.0. The number of amides is 2. The highest BCUT2D eigenvalue weighted by Crippen LogP contribution is 2.34. The molecule has 3 saturated heterocycles. The molecule has 27 heavy (non-hydrogen) atoms. The number of nitrogens with zero attached hydrogens (tertiary/aromatic N) is 2. The van der Waals surface area contributed by atoms with E-state index in [4.69, 9.17) is 4.74 Å². The van der Waals surface area contributed by atoms with Crippen molar-refractivity contribution in [2.24, 2.45) is 17.8 Å². The van der Waals surface area contributed by atoms with E-state index in [1.54, 1.807) is 0 Å². The molecule has 0 spiro atoms. The highest BCUT2D eigenvalue weighted by molar-refractivity contribution is 5.79. The van der Waals surface area contributed by atoms with Gasteiger partial charge in [-0.1, -0.05) is 19.3 Å². The second-order valence-corrected chi connectivity index (χ2v) is 9.22. The van der Waals surface area contributed by atoms with E-state index in [0.29, 0.717) is 29.7 Å². The van der Waals surface area contributed by atoms with Crippen LogP contribution in [0, 0.1) is 17.8 Å². The van der Waals surface area contributed by atoms with Crippen molar-refractivity contribution in [3.05, 3.63) is 0 Å². The van der Waals surface area contributed by atoms with Crippen LogP contribution >= 0.6 is 0 Å². The number of hydrogen-bond acceptors (Lipinski definition) is 3. The minimum Gasteiger partial charge on any atom is -0.381 e. The van der Waals surface area contributed by atoms with Gasteiger partial charge in [0.25, 0.3) is 0 Å². The molecule has 152 valence electrons. The lowest BCUT2D eigenvalue weighted by Gasteiger charge is -2.48. The van der Waals surface area contributed by atoms with Crippen molar-refractivity contribution in [2.45, 2.75) is 76.7 Å². The summed E-state index contributed by atoms with van der Waals surface area (Å²) in [5, 5.41) is 0. The third kappa shape index (κ3) is 4.49. The molecular weight excluding hydrogens is 340 g/mol. The molecule has 0 radical (unpaired) electrons. The molecule has 3 aliphatic heterocycles. The molecule has 1 saturated carbocycles. The smallest absolute Gasteiger partial charge is 0.225 e. The zero-order chi connectivity index (χ0) is 18.6. The van der Waals surface area contributed by atoms with Gasteiger partial charge in [0, 0.05) is 51.2 Å². The van der Waals surface area contributed by atoms with Gasteiger partial charge in [0.05, 0.1) is 0 Å². The Labute approximate surface area is 163 Å². The topological polar surface area (TPSA) is 49.9 Å². The Balaban J connectivity index is 1.33. The molecular formula is C22H36N2O3. The molecule has 0 aromatic rings. The molecule has 2 amide bonds. The lowest BCUT2D eigenvalue weighted by molar-refractivity contribution is -0.146. The molecule has 5 nitrogen and oxygen atoms in total. The van der Waals surface area contributed by atoms with Crippen molar-refractivity contribution in [1.82, 2.24) is 9.80 Å². The number of rotatable bonds is 3. The number of piperidine rings is 2. The molecule has 5 heteroatoms. The molecule has 0 aromatic heterocycles. The van der Waals surface area contributed by atoms with Gasteiger partial charge in [0.15, 0.2) is 0 Å². The minimum absolute atomic E-state index is 0.155. The van der Waals surface area contributed by atoms with E-state index in [2.05, 4.69) is 9.80 Å². The molecule has 0 aromatic carbocycles. The maximum absolute atomic E-state index is 13.0. The van der Waals surface area contributed by atoms with E-state index in [9.17, 15) is 9.59 Å². The van der Waals surface area contributed by atoms with Gasteiger partial charge in [0.1, 0.15) is 0 Å². The summed E-state index contributed by atoms with van der Waals surface area (Å²) < 4.78 is 5.41. The molecule has 1 aliphatic carbocycles. The van der Waals surface area contributed by atoms with Gasteiger partial charge in [-0.15, -0.1) is 0 Å². The van der Waals surface area contributed by atoms with Crippen molar-refractivity contribution in [3.8, 4) is 0 Å². The van der Waals surface area contributed by atoms with Gasteiger partial charge < -0.3 is 14.5 Å². The third-order valence-electron chi connectivity index (χ3n) is 7.46. The lowest BCUT2D eigenvalue weighted by atomic mass is 9.82. The molecule has 4 aliphatic rings. The van der Waals surface area contributed by atoms with Crippen LogP contribution < -0.4 is 0 Å². The number of hydrogen-bond donors (Lipinski definition) is 0. The molecule has 0 N–H and O–H groups in total. The van der Waals surface area contributed by atoms with E-state index in [1.165, 1.54) is 32.1 Å². The van der Waals surface area contributed by atoms with Gasteiger partial charge >= 0.3 is 0 Å². The fourth-order valence-electron chi connectivity index (χ4n) is 5.87. The van der Waals surface area contributed by atoms with Crippen molar-refractivity contribution in [2.75, 3.05) is 32.8 Å². The van der Waals surface area contributed by atoms with Crippen LogP contribution in [0.3, 0.4) is 0 Å². The van der Waals surface area contributed by atoms with Gasteiger partial charge in [-0.3, -0.25) is 9.59 Å². The lowest BCUT2D eigenvalue weighted by Crippen LogP contribution is -2.57. The normalized spacial score (nSPS) is 30.8. The van der Waals surface area contributed by atoms with E-state index in [1.807, 2.05) is 0 Å². The van der Waals surface area contributed by atoms with E-state index < -0.39 is 0 Å². The second kappa shape index (κ2) is 8.93. The summed E-state index contributed by atoms with van der Waals surface area (Å²) in [6.07, 6.45) is 12.1. The summed E-state index contributed by atoms with van der Waals surface area (Å²) in [4.78, 5) is 30.2. The number of ether oxygens (including phenoxy) is 1. The Morgan fingerprint density at radius 1 is 0.852 bits per heavy atom. The fourth-order valence-corrected chi connectivity index (χ4v) is 5.87. The quantitative estimate of drug-likeness (QED) is 0.760. The summed E-state index contributed by atoms with van der Waals surface area (Å²) in [6.45, 7) is 4.05. The average Bonchev–Trinajstić information content (AvgIpc) is 2.73. The van der Waals surface area contributed by atoms with Crippen molar-refractivity contribution >= 4 is 11.8 Å². The summed E-state index contributed by atoms with van der Waals surface area (Å²) in [6, 6.07) is 0.369. The predicted octanol–water partition coefficient (Wildman–Crippen LogP) is 3.22. The van der Waals surface area contributed by atoms with Crippen LogP contribution in [0.4, 0.5) is 0 Å². The van der Waals surface area contributed by atoms with Crippen molar-refractivity contribution < 1.29 is 14.3 Å². The van der Waals surface area contributed by atoms with Gasteiger partial charge in [-0.05, 0) is 56.8 Å². The maximum Gasteiger partial charge on any atom is 0.225 e. The van der Waals surface area contributed by atoms with E-state index in [-0.39, 0.29) is 5.92 Å². The standard InChI is InChI=1S/C22H36N2O3/c25-21(15-17-5-2-1-3-6-17)24-11-4-7-19-16-23(12-8-20(19)24)22(26)18-9-13-27-14-10-18/h17-20H,1-16H2/t19-,20+/m0/s1. The van der Waals surface area contributed by atoms with Crippen LogP contribution in [0.5, 0.6) is 0 Å². The molecule has 0 bridgehead atoms.